The molecule has 1 atom stereocenters. The fraction of sp³-hybridized carbons (Fsp3) is 0.318. The Labute approximate surface area is 164 Å². The number of rotatable bonds is 3. The molecule has 2 amide bonds. The van der Waals surface area contributed by atoms with E-state index in [0.717, 1.165) is 16.7 Å². The van der Waals surface area contributed by atoms with Gasteiger partial charge in [-0.2, -0.15) is 5.26 Å². The van der Waals surface area contributed by atoms with Gasteiger partial charge in [-0.25, -0.2) is 4.79 Å². The number of esters is 1. The van der Waals surface area contributed by atoms with Crippen molar-refractivity contribution in [2.75, 3.05) is 10.6 Å². The van der Waals surface area contributed by atoms with Crippen LogP contribution in [0.3, 0.4) is 0 Å². The number of nitrogens with zero attached hydrogens (tertiary/aromatic N) is 1. The van der Waals surface area contributed by atoms with E-state index in [2.05, 4.69) is 16.7 Å². The van der Waals surface area contributed by atoms with E-state index >= 15 is 0 Å². The molecule has 6 nitrogen and oxygen atoms in total. The van der Waals surface area contributed by atoms with Crippen LogP contribution in [0.25, 0.3) is 0 Å². The van der Waals surface area contributed by atoms with Crippen LogP contribution in [0, 0.1) is 30.6 Å². The van der Waals surface area contributed by atoms with Crippen LogP contribution < -0.4 is 10.6 Å². The van der Waals surface area contributed by atoms with Gasteiger partial charge in [-0.1, -0.05) is 19.9 Å². The number of amides is 2. The van der Waals surface area contributed by atoms with Gasteiger partial charge in [0.2, 0.25) is 0 Å². The average molecular weight is 377 g/mol. The highest BCUT2D eigenvalue weighted by Crippen LogP contribution is 2.46. The monoisotopic (exact) mass is 377 g/mol. The Balaban J connectivity index is 1.77. The zero-order chi connectivity index (χ0) is 20.5. The minimum Gasteiger partial charge on any atom is -0.457 e. The molecule has 0 saturated carbocycles. The number of carbonyl (C=O) groups is 2. The smallest absolute Gasteiger partial charge is 0.323 e. The van der Waals surface area contributed by atoms with Crippen LogP contribution >= 0.6 is 0 Å². The van der Waals surface area contributed by atoms with Gasteiger partial charge in [0.25, 0.3) is 0 Å². The largest absolute Gasteiger partial charge is 0.457 e. The van der Waals surface area contributed by atoms with Crippen LogP contribution in [-0.2, 0) is 9.53 Å². The summed E-state index contributed by atoms with van der Waals surface area (Å²) in [7, 11) is 0. The Morgan fingerprint density at radius 1 is 1.14 bits per heavy atom. The SMILES string of the molecule is Cc1cc(C#N)ccc1NC(=O)Nc1ccc(C)c(C2OC(=O)CC2(C)C)c1. The van der Waals surface area contributed by atoms with Crippen molar-refractivity contribution in [2.24, 2.45) is 5.41 Å². The number of nitriles is 1. The Kier molecular flexibility index (Phi) is 5.10. The molecule has 0 radical (unpaired) electrons. The number of nitrogens with one attached hydrogen (secondary N) is 2. The number of benzene rings is 2. The van der Waals surface area contributed by atoms with Crippen molar-refractivity contribution in [3.63, 3.8) is 0 Å². The molecule has 1 aliphatic rings. The zero-order valence-electron chi connectivity index (χ0n) is 16.4. The number of cyclic esters (lactones) is 1. The summed E-state index contributed by atoms with van der Waals surface area (Å²) in [6.45, 7) is 7.80. The predicted octanol–water partition coefficient (Wildman–Crippen LogP) is 4.83. The van der Waals surface area contributed by atoms with Gasteiger partial charge < -0.3 is 15.4 Å². The van der Waals surface area contributed by atoms with Gasteiger partial charge in [0.1, 0.15) is 6.10 Å². The van der Waals surface area contributed by atoms with Gasteiger partial charge in [-0.3, -0.25) is 4.79 Å². The maximum Gasteiger partial charge on any atom is 0.323 e. The number of hydrogen-bond acceptors (Lipinski definition) is 4. The van der Waals surface area contributed by atoms with Crippen molar-refractivity contribution in [2.45, 2.75) is 40.2 Å². The highest BCUT2D eigenvalue weighted by atomic mass is 16.6. The summed E-state index contributed by atoms with van der Waals surface area (Å²) in [5.74, 6) is -0.207. The maximum absolute atomic E-state index is 12.4. The fourth-order valence-electron chi connectivity index (χ4n) is 3.44. The van der Waals surface area contributed by atoms with Crippen molar-refractivity contribution >= 4 is 23.4 Å². The van der Waals surface area contributed by atoms with Crippen LogP contribution in [0.15, 0.2) is 36.4 Å². The lowest BCUT2D eigenvalue weighted by Crippen LogP contribution is -2.21. The third-order valence-electron chi connectivity index (χ3n) is 4.98. The van der Waals surface area contributed by atoms with Crippen LogP contribution in [0.5, 0.6) is 0 Å². The number of carbonyl (C=O) groups excluding carboxylic acids is 2. The van der Waals surface area contributed by atoms with Gasteiger partial charge in [-0.15, -0.1) is 0 Å². The molecule has 0 aromatic heterocycles. The Morgan fingerprint density at radius 3 is 2.50 bits per heavy atom. The summed E-state index contributed by atoms with van der Waals surface area (Å²) in [6.07, 6.45) is 0.0262. The number of urea groups is 1. The summed E-state index contributed by atoms with van der Waals surface area (Å²) in [5.41, 5.74) is 4.18. The number of hydrogen-bond donors (Lipinski definition) is 2. The number of anilines is 2. The molecule has 0 bridgehead atoms. The summed E-state index contributed by atoms with van der Waals surface area (Å²) in [6, 6.07) is 12.3. The average Bonchev–Trinajstić information content (AvgIpc) is 2.90. The third-order valence-corrected chi connectivity index (χ3v) is 4.98. The first-order valence-corrected chi connectivity index (χ1v) is 9.08. The van der Waals surface area contributed by atoms with E-state index in [1.54, 1.807) is 18.2 Å². The quantitative estimate of drug-likeness (QED) is 0.749. The first-order chi connectivity index (χ1) is 13.2. The lowest BCUT2D eigenvalue weighted by Gasteiger charge is -2.26. The van der Waals surface area contributed by atoms with Gasteiger partial charge >= 0.3 is 12.0 Å². The van der Waals surface area contributed by atoms with Crippen molar-refractivity contribution in [3.8, 4) is 6.07 Å². The second kappa shape index (κ2) is 7.35. The first kappa shape index (κ1) is 19.4. The molecule has 28 heavy (non-hydrogen) atoms. The van der Waals surface area contributed by atoms with Crippen molar-refractivity contribution in [1.82, 2.24) is 0 Å². The van der Waals surface area contributed by atoms with E-state index < -0.39 is 0 Å². The van der Waals surface area contributed by atoms with Crippen LogP contribution in [0.1, 0.15) is 48.6 Å². The van der Waals surface area contributed by atoms with Gasteiger partial charge in [0, 0.05) is 16.8 Å². The molecule has 1 aliphatic heterocycles. The molecule has 144 valence electrons. The lowest BCUT2D eigenvalue weighted by molar-refractivity contribution is -0.142. The van der Waals surface area contributed by atoms with E-state index in [-0.39, 0.29) is 23.5 Å². The molecule has 6 heteroatoms. The standard InChI is InChI=1S/C22H23N3O3/c1-13-5-7-16(10-17(13)20-22(3,4)11-19(26)28-20)24-21(27)25-18-8-6-15(12-23)9-14(18)2/h5-10,20H,11H2,1-4H3,(H2,24,25,27). The molecule has 2 aromatic carbocycles. The van der Waals surface area contributed by atoms with Crippen LogP contribution in [0.4, 0.5) is 16.2 Å². The van der Waals surface area contributed by atoms with Gasteiger partial charge in [0.15, 0.2) is 0 Å². The van der Waals surface area contributed by atoms with Gasteiger partial charge in [-0.05, 0) is 60.9 Å². The molecule has 0 aliphatic carbocycles. The third kappa shape index (κ3) is 3.99. The molecule has 1 saturated heterocycles. The van der Waals surface area contributed by atoms with Crippen molar-refractivity contribution < 1.29 is 14.3 Å². The van der Waals surface area contributed by atoms with E-state index in [1.807, 2.05) is 45.9 Å². The molecule has 1 heterocycles. The topological polar surface area (TPSA) is 91.2 Å². The molecule has 2 N–H and O–H groups in total. The second-order valence-electron chi connectivity index (χ2n) is 7.83. The van der Waals surface area contributed by atoms with Crippen molar-refractivity contribution in [3.05, 3.63) is 58.7 Å². The lowest BCUT2D eigenvalue weighted by atomic mass is 9.80. The molecular weight excluding hydrogens is 354 g/mol. The highest BCUT2D eigenvalue weighted by Gasteiger charge is 2.43. The maximum atomic E-state index is 12.4. The Hall–Kier alpha value is -3.33. The van der Waals surface area contributed by atoms with Crippen LogP contribution in [0.2, 0.25) is 0 Å². The Morgan fingerprint density at radius 2 is 1.89 bits per heavy atom. The minimum absolute atomic E-state index is 0.207. The zero-order valence-corrected chi connectivity index (χ0v) is 16.4. The van der Waals surface area contributed by atoms with E-state index in [4.69, 9.17) is 10.00 Å². The van der Waals surface area contributed by atoms with Crippen LogP contribution in [-0.4, -0.2) is 12.0 Å². The minimum atomic E-state index is -0.384. The number of aryl methyl sites for hydroxylation is 2. The van der Waals surface area contributed by atoms with Crippen molar-refractivity contribution in [1.29, 1.82) is 5.26 Å². The highest BCUT2D eigenvalue weighted by molar-refractivity contribution is 6.00. The summed E-state index contributed by atoms with van der Waals surface area (Å²) in [5, 5.41) is 14.6. The fourth-order valence-corrected chi connectivity index (χ4v) is 3.44. The Bertz CT molecular complexity index is 989. The second-order valence-corrected chi connectivity index (χ2v) is 7.83. The summed E-state index contributed by atoms with van der Waals surface area (Å²) in [4.78, 5) is 24.2. The summed E-state index contributed by atoms with van der Waals surface area (Å²) < 4.78 is 5.54. The van der Waals surface area contributed by atoms with E-state index in [1.165, 1.54) is 0 Å². The van der Waals surface area contributed by atoms with E-state index in [0.29, 0.717) is 23.4 Å². The molecule has 2 aromatic rings. The molecule has 3 rings (SSSR count). The summed E-state index contributed by atoms with van der Waals surface area (Å²) >= 11 is 0. The van der Waals surface area contributed by atoms with E-state index in [9.17, 15) is 9.59 Å². The molecular formula is C22H23N3O3. The first-order valence-electron chi connectivity index (χ1n) is 9.08. The number of ether oxygens (including phenoxy) is 1. The molecule has 1 unspecified atom stereocenters. The molecule has 0 spiro atoms. The van der Waals surface area contributed by atoms with Gasteiger partial charge in [0.05, 0.1) is 18.1 Å². The normalized spacial score (nSPS) is 17.5. The predicted molar refractivity (Wildman–Crippen MR) is 107 cm³/mol. The molecule has 1 fully saturated rings.